The van der Waals surface area contributed by atoms with Crippen molar-refractivity contribution in [2.45, 2.75) is 13.5 Å². The summed E-state index contributed by atoms with van der Waals surface area (Å²) in [6.07, 6.45) is 0. The predicted octanol–water partition coefficient (Wildman–Crippen LogP) is 3.23. The van der Waals surface area contributed by atoms with Gasteiger partial charge in [0.15, 0.2) is 17.3 Å². The van der Waals surface area contributed by atoms with Crippen molar-refractivity contribution in [2.24, 2.45) is 0 Å². The van der Waals surface area contributed by atoms with Crippen molar-refractivity contribution < 1.29 is 19.1 Å². The number of ketones is 1. The molecule has 2 aromatic rings. The Bertz CT molecular complexity index is 744. The average Bonchev–Trinajstić information content (AvgIpc) is 2.59. The van der Waals surface area contributed by atoms with Crippen LogP contribution in [0.3, 0.4) is 0 Å². The van der Waals surface area contributed by atoms with Gasteiger partial charge in [0.1, 0.15) is 0 Å². The lowest BCUT2D eigenvalue weighted by molar-refractivity contribution is 0.101. The Hall–Kier alpha value is -3.02. The summed E-state index contributed by atoms with van der Waals surface area (Å²) in [5, 5.41) is 5.45. The molecule has 0 aliphatic rings. The van der Waals surface area contributed by atoms with Crippen LogP contribution in [0.25, 0.3) is 0 Å². The summed E-state index contributed by atoms with van der Waals surface area (Å²) in [5.41, 5.74) is 1.99. The number of Topliss-reactive ketones (excluding diaryl/α,β-unsaturated/α-hetero) is 1. The van der Waals surface area contributed by atoms with Crippen LogP contribution in [0.4, 0.5) is 10.5 Å². The second-order valence-electron chi connectivity index (χ2n) is 5.13. The number of anilines is 1. The van der Waals surface area contributed by atoms with Gasteiger partial charge in [0.2, 0.25) is 0 Å². The van der Waals surface area contributed by atoms with Crippen molar-refractivity contribution in [3.05, 3.63) is 53.6 Å². The molecule has 0 aromatic heterocycles. The molecule has 6 nitrogen and oxygen atoms in total. The van der Waals surface area contributed by atoms with Crippen LogP contribution in [0.15, 0.2) is 42.5 Å². The van der Waals surface area contributed by atoms with Gasteiger partial charge in [-0.05, 0) is 36.8 Å². The highest BCUT2D eigenvalue weighted by atomic mass is 16.5. The number of rotatable bonds is 6. The maximum Gasteiger partial charge on any atom is 0.319 e. The second-order valence-corrected chi connectivity index (χ2v) is 5.13. The first-order valence-corrected chi connectivity index (χ1v) is 7.40. The molecule has 2 rings (SSSR count). The van der Waals surface area contributed by atoms with Crippen LogP contribution < -0.4 is 20.1 Å². The maximum atomic E-state index is 12.0. The van der Waals surface area contributed by atoms with Crippen LogP contribution in [0, 0.1) is 0 Å². The van der Waals surface area contributed by atoms with Crippen LogP contribution in [-0.4, -0.2) is 26.0 Å². The lowest BCUT2D eigenvalue weighted by Crippen LogP contribution is -2.28. The standard InChI is InChI=1S/C18H20N2O4/c1-12(21)14-5-4-6-15(10-14)20-18(22)19-11-13-7-8-16(23-2)17(9-13)24-3/h4-10H,11H2,1-3H3,(H2,19,20,22). The van der Waals surface area contributed by atoms with Crippen molar-refractivity contribution >= 4 is 17.5 Å². The van der Waals surface area contributed by atoms with Gasteiger partial charge in [-0.1, -0.05) is 18.2 Å². The van der Waals surface area contributed by atoms with E-state index in [4.69, 9.17) is 9.47 Å². The summed E-state index contributed by atoms with van der Waals surface area (Å²) in [6.45, 7) is 1.81. The normalized spacial score (nSPS) is 9.96. The molecule has 0 saturated carbocycles. The van der Waals surface area contributed by atoms with Crippen LogP contribution in [0.2, 0.25) is 0 Å². The smallest absolute Gasteiger partial charge is 0.319 e. The Morgan fingerprint density at radius 1 is 1.00 bits per heavy atom. The van der Waals surface area contributed by atoms with Crippen molar-refractivity contribution in [1.82, 2.24) is 5.32 Å². The molecular formula is C18H20N2O4. The number of hydrogen-bond acceptors (Lipinski definition) is 4. The van der Waals surface area contributed by atoms with Gasteiger partial charge < -0.3 is 20.1 Å². The largest absolute Gasteiger partial charge is 0.493 e. The molecule has 126 valence electrons. The minimum Gasteiger partial charge on any atom is -0.493 e. The zero-order chi connectivity index (χ0) is 17.5. The summed E-state index contributed by atoms with van der Waals surface area (Å²) in [6, 6.07) is 11.9. The van der Waals surface area contributed by atoms with E-state index in [1.54, 1.807) is 50.6 Å². The highest BCUT2D eigenvalue weighted by Gasteiger charge is 2.07. The molecule has 0 spiro atoms. The number of carbonyl (C=O) groups excluding carboxylic acids is 2. The topological polar surface area (TPSA) is 76.7 Å². The SMILES string of the molecule is COc1ccc(CNC(=O)Nc2cccc(C(C)=O)c2)cc1OC. The average molecular weight is 328 g/mol. The zero-order valence-electron chi connectivity index (χ0n) is 13.9. The number of carbonyl (C=O) groups is 2. The van der Waals surface area contributed by atoms with Gasteiger partial charge in [0, 0.05) is 17.8 Å². The number of methoxy groups -OCH3 is 2. The first-order valence-electron chi connectivity index (χ1n) is 7.40. The van der Waals surface area contributed by atoms with Crippen molar-refractivity contribution in [3.63, 3.8) is 0 Å². The molecule has 0 atom stereocenters. The molecular weight excluding hydrogens is 308 g/mol. The van der Waals surface area contributed by atoms with Crippen LogP contribution >= 0.6 is 0 Å². The minimum atomic E-state index is -0.356. The Labute approximate surface area is 140 Å². The van der Waals surface area contributed by atoms with Gasteiger partial charge >= 0.3 is 6.03 Å². The fourth-order valence-corrected chi connectivity index (χ4v) is 2.16. The number of amides is 2. The fraction of sp³-hybridized carbons (Fsp3) is 0.222. The van der Waals surface area contributed by atoms with Crippen molar-refractivity contribution in [1.29, 1.82) is 0 Å². The van der Waals surface area contributed by atoms with Gasteiger partial charge in [-0.3, -0.25) is 4.79 Å². The summed E-state index contributed by atoms with van der Waals surface area (Å²) in [4.78, 5) is 23.3. The molecule has 24 heavy (non-hydrogen) atoms. The van der Waals surface area contributed by atoms with Gasteiger partial charge in [-0.2, -0.15) is 0 Å². The van der Waals surface area contributed by atoms with E-state index in [2.05, 4.69) is 10.6 Å². The molecule has 2 amide bonds. The van der Waals surface area contributed by atoms with Crippen LogP contribution in [0.1, 0.15) is 22.8 Å². The highest BCUT2D eigenvalue weighted by molar-refractivity contribution is 5.96. The summed E-state index contributed by atoms with van der Waals surface area (Å²) in [7, 11) is 3.13. The molecule has 2 aromatic carbocycles. The second kappa shape index (κ2) is 8.01. The van der Waals surface area contributed by atoms with E-state index in [-0.39, 0.29) is 11.8 Å². The lowest BCUT2D eigenvalue weighted by atomic mass is 10.1. The highest BCUT2D eigenvalue weighted by Crippen LogP contribution is 2.27. The molecule has 2 N–H and O–H groups in total. The molecule has 0 unspecified atom stereocenters. The third-order valence-electron chi connectivity index (χ3n) is 3.43. The summed E-state index contributed by atoms with van der Waals surface area (Å²) in [5.74, 6) is 1.18. The first-order chi connectivity index (χ1) is 11.5. The molecule has 6 heteroatoms. The van der Waals surface area contributed by atoms with E-state index < -0.39 is 0 Å². The van der Waals surface area contributed by atoms with Crippen LogP contribution in [0.5, 0.6) is 11.5 Å². The van der Waals surface area contributed by atoms with E-state index in [0.29, 0.717) is 29.3 Å². The van der Waals surface area contributed by atoms with E-state index in [9.17, 15) is 9.59 Å². The number of ether oxygens (including phenoxy) is 2. The molecule has 0 fully saturated rings. The minimum absolute atomic E-state index is 0.0515. The van der Waals surface area contributed by atoms with Gasteiger partial charge in [0.05, 0.1) is 14.2 Å². The van der Waals surface area contributed by atoms with Gasteiger partial charge in [-0.25, -0.2) is 4.79 Å². The Morgan fingerprint density at radius 2 is 1.75 bits per heavy atom. The molecule has 0 aliphatic carbocycles. The Morgan fingerprint density at radius 3 is 2.42 bits per heavy atom. The molecule has 0 saturated heterocycles. The third-order valence-corrected chi connectivity index (χ3v) is 3.43. The molecule has 0 bridgehead atoms. The quantitative estimate of drug-likeness (QED) is 0.798. The molecule has 0 heterocycles. The molecule has 0 aliphatic heterocycles. The van der Waals surface area contributed by atoms with Gasteiger partial charge in [-0.15, -0.1) is 0 Å². The fourth-order valence-electron chi connectivity index (χ4n) is 2.16. The van der Waals surface area contributed by atoms with Crippen molar-refractivity contribution in [2.75, 3.05) is 19.5 Å². The summed E-state index contributed by atoms with van der Waals surface area (Å²) >= 11 is 0. The first kappa shape index (κ1) is 17.3. The van der Waals surface area contributed by atoms with E-state index in [1.165, 1.54) is 6.92 Å². The maximum absolute atomic E-state index is 12.0. The molecule has 0 radical (unpaired) electrons. The number of hydrogen-bond donors (Lipinski definition) is 2. The lowest BCUT2D eigenvalue weighted by Gasteiger charge is -2.11. The van der Waals surface area contributed by atoms with Gasteiger partial charge in [0.25, 0.3) is 0 Å². The number of nitrogens with one attached hydrogen (secondary N) is 2. The predicted molar refractivity (Wildman–Crippen MR) is 91.9 cm³/mol. The Kier molecular flexibility index (Phi) is 5.78. The monoisotopic (exact) mass is 328 g/mol. The Balaban J connectivity index is 1.96. The zero-order valence-corrected chi connectivity index (χ0v) is 13.9. The summed E-state index contributed by atoms with van der Waals surface area (Å²) < 4.78 is 10.4. The number of benzene rings is 2. The van der Waals surface area contributed by atoms with E-state index in [1.807, 2.05) is 6.07 Å². The van der Waals surface area contributed by atoms with E-state index in [0.717, 1.165) is 5.56 Å². The number of urea groups is 1. The third kappa shape index (κ3) is 4.49. The van der Waals surface area contributed by atoms with Crippen molar-refractivity contribution in [3.8, 4) is 11.5 Å². The van der Waals surface area contributed by atoms with E-state index >= 15 is 0 Å². The van der Waals surface area contributed by atoms with Crippen LogP contribution in [-0.2, 0) is 6.54 Å².